The summed E-state index contributed by atoms with van der Waals surface area (Å²) in [6.07, 6.45) is 5.25. The van der Waals surface area contributed by atoms with Gasteiger partial charge in [-0.25, -0.2) is 8.78 Å². The molecule has 0 radical (unpaired) electrons. The summed E-state index contributed by atoms with van der Waals surface area (Å²) in [7, 11) is 0. The molecule has 1 atom stereocenters. The van der Waals surface area contributed by atoms with Crippen molar-refractivity contribution in [2.75, 3.05) is 0 Å². The van der Waals surface area contributed by atoms with Crippen molar-refractivity contribution in [2.24, 2.45) is 5.92 Å². The van der Waals surface area contributed by atoms with Gasteiger partial charge in [0.2, 0.25) is 6.43 Å². The van der Waals surface area contributed by atoms with Crippen molar-refractivity contribution in [2.45, 2.75) is 76.7 Å². The number of aliphatic hydroxyl groups is 1. The highest BCUT2D eigenvalue weighted by atomic mass is 19.3. The van der Waals surface area contributed by atoms with Gasteiger partial charge in [-0.2, -0.15) is 0 Å². The van der Waals surface area contributed by atoms with Crippen LogP contribution in [0.4, 0.5) is 8.78 Å². The van der Waals surface area contributed by atoms with Gasteiger partial charge in [-0.15, -0.1) is 0 Å². The van der Waals surface area contributed by atoms with Crippen molar-refractivity contribution in [3.05, 3.63) is 35.4 Å². The Kier molecular flexibility index (Phi) is 6.37. The Balaban J connectivity index is 2.20. The van der Waals surface area contributed by atoms with Gasteiger partial charge in [0.05, 0.1) is 5.60 Å². The Hall–Kier alpha value is -0.960. The predicted molar refractivity (Wildman–Crippen MR) is 86.1 cm³/mol. The van der Waals surface area contributed by atoms with E-state index in [9.17, 15) is 13.9 Å². The molecule has 2 rings (SSSR count). The first-order valence-electron chi connectivity index (χ1n) is 8.66. The second kappa shape index (κ2) is 8.05. The van der Waals surface area contributed by atoms with Crippen LogP contribution in [0, 0.1) is 5.92 Å². The Morgan fingerprint density at radius 1 is 1.14 bits per heavy atom. The molecule has 22 heavy (non-hydrogen) atoms. The molecular formula is C19H28F2O. The van der Waals surface area contributed by atoms with Crippen LogP contribution in [0.2, 0.25) is 0 Å². The van der Waals surface area contributed by atoms with Crippen LogP contribution in [0.25, 0.3) is 0 Å². The van der Waals surface area contributed by atoms with E-state index in [0.29, 0.717) is 5.56 Å². The first-order chi connectivity index (χ1) is 10.6. The third-order valence-electron chi connectivity index (χ3n) is 5.02. The van der Waals surface area contributed by atoms with Crippen LogP contribution in [0.5, 0.6) is 0 Å². The molecule has 0 saturated heterocycles. The van der Waals surface area contributed by atoms with E-state index in [2.05, 4.69) is 6.92 Å². The molecule has 1 unspecified atom stereocenters. The molecule has 124 valence electrons. The maximum Gasteiger partial charge on any atom is 0.241 e. The summed E-state index contributed by atoms with van der Waals surface area (Å²) in [4.78, 5) is 0. The van der Waals surface area contributed by atoms with Gasteiger partial charge >= 0.3 is 0 Å². The summed E-state index contributed by atoms with van der Waals surface area (Å²) in [5, 5.41) is 11.1. The van der Waals surface area contributed by atoms with Crippen molar-refractivity contribution < 1.29 is 13.9 Å². The largest absolute Gasteiger partial charge is 0.385 e. The predicted octanol–water partition coefficient (Wildman–Crippen LogP) is 5.45. The Bertz CT molecular complexity index is 437. The van der Waals surface area contributed by atoms with Crippen molar-refractivity contribution >= 4 is 0 Å². The zero-order valence-electron chi connectivity index (χ0n) is 13.5. The van der Waals surface area contributed by atoms with Gasteiger partial charge in [-0.1, -0.05) is 56.9 Å². The second-order valence-electron chi connectivity index (χ2n) is 6.65. The van der Waals surface area contributed by atoms with E-state index in [0.717, 1.165) is 51.4 Å². The number of alkyl halides is 2. The lowest BCUT2D eigenvalue weighted by Crippen LogP contribution is -2.38. The van der Waals surface area contributed by atoms with Crippen LogP contribution in [0.3, 0.4) is 0 Å². The van der Waals surface area contributed by atoms with E-state index in [1.165, 1.54) is 5.56 Å². The summed E-state index contributed by atoms with van der Waals surface area (Å²) < 4.78 is 26.1. The van der Waals surface area contributed by atoms with E-state index in [1.54, 1.807) is 0 Å². The topological polar surface area (TPSA) is 20.2 Å². The van der Waals surface area contributed by atoms with Gasteiger partial charge < -0.3 is 5.11 Å². The minimum Gasteiger partial charge on any atom is -0.385 e. The maximum atomic E-state index is 13.1. The first-order valence-corrected chi connectivity index (χ1v) is 8.66. The summed E-state index contributed by atoms with van der Waals surface area (Å²) in [5.41, 5.74) is 0.506. The van der Waals surface area contributed by atoms with E-state index in [-0.39, 0.29) is 5.92 Å². The average molecular weight is 310 g/mol. The molecule has 1 fully saturated rings. The highest BCUT2D eigenvalue weighted by molar-refractivity contribution is 5.28. The van der Waals surface area contributed by atoms with Crippen LogP contribution < -0.4 is 0 Å². The Morgan fingerprint density at radius 3 is 2.32 bits per heavy atom. The molecule has 1 saturated carbocycles. The Labute approximate surface area is 132 Å². The van der Waals surface area contributed by atoms with Gasteiger partial charge in [-0.05, 0) is 42.7 Å². The molecule has 0 bridgehead atoms. The third kappa shape index (κ3) is 4.28. The van der Waals surface area contributed by atoms with Crippen LogP contribution in [-0.4, -0.2) is 11.5 Å². The number of aryl methyl sites for hydroxylation is 1. The maximum absolute atomic E-state index is 13.1. The highest BCUT2D eigenvalue weighted by Crippen LogP contribution is 2.43. The van der Waals surface area contributed by atoms with E-state index in [4.69, 9.17) is 0 Å². The summed E-state index contributed by atoms with van der Waals surface area (Å²) in [6, 6.07) is 7.71. The van der Waals surface area contributed by atoms with Crippen LogP contribution in [-0.2, 0) is 12.0 Å². The zero-order valence-corrected chi connectivity index (χ0v) is 13.5. The normalized spacial score (nSPS) is 19.3. The van der Waals surface area contributed by atoms with Crippen molar-refractivity contribution in [3.8, 4) is 0 Å². The molecule has 1 aliphatic rings. The molecule has 1 aromatic rings. The highest BCUT2D eigenvalue weighted by Gasteiger charge is 2.41. The molecule has 1 N–H and O–H groups in total. The number of hydrogen-bond donors (Lipinski definition) is 1. The smallest absolute Gasteiger partial charge is 0.241 e. The molecule has 0 amide bonds. The standard InChI is InChI=1S/C19H28F2O/c1-2-3-7-15-10-12-17(13-11-15)19(22,14-18(20)21)16-8-5-4-6-9-16/h10-13,16,18,22H,2-9,14H2,1H3. The van der Waals surface area contributed by atoms with Gasteiger partial charge in [0.15, 0.2) is 0 Å². The number of halogens is 2. The van der Waals surface area contributed by atoms with Crippen molar-refractivity contribution in [1.29, 1.82) is 0 Å². The molecule has 1 aliphatic carbocycles. The summed E-state index contributed by atoms with van der Waals surface area (Å²) >= 11 is 0. The van der Waals surface area contributed by atoms with Gasteiger partial charge in [-0.3, -0.25) is 0 Å². The average Bonchev–Trinajstić information content (AvgIpc) is 2.53. The molecule has 0 heterocycles. The van der Waals surface area contributed by atoms with Crippen molar-refractivity contribution in [3.63, 3.8) is 0 Å². The lowest BCUT2D eigenvalue weighted by Gasteiger charge is -2.39. The molecule has 0 spiro atoms. The SMILES string of the molecule is CCCCc1ccc(C(O)(CC(F)F)C2CCCCC2)cc1. The number of benzene rings is 1. The summed E-state index contributed by atoms with van der Waals surface area (Å²) in [5.74, 6) is -0.0447. The minimum atomic E-state index is -2.48. The van der Waals surface area contributed by atoms with Crippen molar-refractivity contribution in [1.82, 2.24) is 0 Å². The van der Waals surface area contributed by atoms with Crippen LogP contribution >= 0.6 is 0 Å². The van der Waals surface area contributed by atoms with Gasteiger partial charge in [0, 0.05) is 6.42 Å². The molecular weight excluding hydrogens is 282 g/mol. The lowest BCUT2D eigenvalue weighted by atomic mass is 9.71. The number of hydrogen-bond acceptors (Lipinski definition) is 1. The number of unbranched alkanes of at least 4 members (excludes halogenated alkanes) is 1. The minimum absolute atomic E-state index is 0.0447. The van der Waals surface area contributed by atoms with Gasteiger partial charge in [0.25, 0.3) is 0 Å². The number of rotatable bonds is 7. The fourth-order valence-corrected chi connectivity index (χ4v) is 3.68. The molecule has 1 nitrogen and oxygen atoms in total. The monoisotopic (exact) mass is 310 g/mol. The lowest BCUT2D eigenvalue weighted by molar-refractivity contribution is -0.0809. The van der Waals surface area contributed by atoms with Crippen LogP contribution in [0.15, 0.2) is 24.3 Å². The Morgan fingerprint density at radius 2 is 1.77 bits per heavy atom. The molecule has 3 heteroatoms. The molecule has 1 aromatic carbocycles. The summed E-state index contributed by atoms with van der Waals surface area (Å²) in [6.45, 7) is 2.15. The second-order valence-corrected chi connectivity index (χ2v) is 6.65. The molecule has 0 aliphatic heterocycles. The third-order valence-corrected chi connectivity index (χ3v) is 5.02. The van der Waals surface area contributed by atoms with E-state index >= 15 is 0 Å². The zero-order chi connectivity index (χ0) is 16.0. The first kappa shape index (κ1) is 17.4. The van der Waals surface area contributed by atoms with Crippen LogP contribution in [0.1, 0.15) is 69.4 Å². The fraction of sp³-hybridized carbons (Fsp3) is 0.684. The molecule has 0 aromatic heterocycles. The quantitative estimate of drug-likeness (QED) is 0.709. The van der Waals surface area contributed by atoms with Gasteiger partial charge in [0.1, 0.15) is 0 Å². The van der Waals surface area contributed by atoms with E-state index in [1.807, 2.05) is 24.3 Å². The van der Waals surface area contributed by atoms with E-state index < -0.39 is 18.4 Å². The fourth-order valence-electron chi connectivity index (χ4n) is 3.68.